The monoisotopic (exact) mass is 232 g/mol. The molecule has 0 heterocycles. The van der Waals surface area contributed by atoms with Gasteiger partial charge in [0.25, 0.3) is 0 Å². The molecule has 0 aliphatic heterocycles. The Labute approximate surface area is 92.4 Å². The third-order valence-electron chi connectivity index (χ3n) is 1.91. The number of anilines is 2. The van der Waals surface area contributed by atoms with Crippen LogP contribution in [0.2, 0.25) is 0 Å². The molecule has 5 heteroatoms. The van der Waals surface area contributed by atoms with Gasteiger partial charge in [-0.15, -0.1) is 0 Å². The van der Waals surface area contributed by atoms with Gasteiger partial charge in [0.15, 0.2) is 5.82 Å². The first kappa shape index (κ1) is 12.1. The van der Waals surface area contributed by atoms with Crippen molar-refractivity contribution in [1.29, 1.82) is 0 Å². The molecule has 1 rings (SSSR count). The number of unbranched alkanes of at least 4 members (excludes halogenated alkanes) is 1. The molecule has 0 aliphatic carbocycles. The van der Waals surface area contributed by atoms with Crippen molar-refractivity contribution in [1.82, 2.24) is 0 Å². The lowest BCUT2D eigenvalue weighted by atomic mass is 10.2. The third-order valence-corrected chi connectivity index (χ3v) is 2.77. The van der Waals surface area contributed by atoms with Gasteiger partial charge in [0.2, 0.25) is 0 Å². The van der Waals surface area contributed by atoms with E-state index in [-0.39, 0.29) is 5.69 Å². The Morgan fingerprint density at radius 1 is 1.40 bits per heavy atom. The number of hydrogen-bond acceptors (Lipinski definition) is 3. The minimum Gasteiger partial charge on any atom is -0.394 e. The molecule has 3 N–H and O–H groups in total. The highest BCUT2D eigenvalue weighted by molar-refractivity contribution is 8.00. The minimum atomic E-state index is -0.725. The van der Waals surface area contributed by atoms with E-state index in [1.807, 2.05) is 0 Å². The van der Waals surface area contributed by atoms with Crippen LogP contribution in [0.4, 0.5) is 20.2 Å². The van der Waals surface area contributed by atoms with Gasteiger partial charge in [-0.25, -0.2) is 8.78 Å². The van der Waals surface area contributed by atoms with Crippen LogP contribution < -0.4 is 10.5 Å². The van der Waals surface area contributed by atoms with Crippen LogP contribution in [0.5, 0.6) is 0 Å². The molecule has 0 radical (unpaired) electrons. The van der Waals surface area contributed by atoms with Crippen LogP contribution in [0.1, 0.15) is 19.8 Å². The fraction of sp³-hybridized carbons (Fsp3) is 0.400. The molecule has 0 aliphatic rings. The van der Waals surface area contributed by atoms with E-state index < -0.39 is 17.3 Å². The van der Waals surface area contributed by atoms with Crippen LogP contribution in [0.3, 0.4) is 0 Å². The van der Waals surface area contributed by atoms with Crippen molar-refractivity contribution in [3.63, 3.8) is 0 Å². The predicted molar refractivity (Wildman–Crippen MR) is 61.8 cm³/mol. The number of rotatable bonds is 5. The van der Waals surface area contributed by atoms with E-state index in [1.54, 1.807) is 0 Å². The van der Waals surface area contributed by atoms with Crippen LogP contribution in [0, 0.1) is 11.6 Å². The lowest BCUT2D eigenvalue weighted by Crippen LogP contribution is -2.00. The molecule has 0 saturated carbocycles. The summed E-state index contributed by atoms with van der Waals surface area (Å²) in [6.45, 7) is 2.08. The maximum atomic E-state index is 13.3. The van der Waals surface area contributed by atoms with E-state index in [0.29, 0.717) is 0 Å². The summed E-state index contributed by atoms with van der Waals surface area (Å²) in [5, 5.41) is 0. The Balaban J connectivity index is 2.58. The highest BCUT2D eigenvalue weighted by Gasteiger charge is 2.09. The van der Waals surface area contributed by atoms with Crippen molar-refractivity contribution >= 4 is 23.3 Å². The molecule has 0 fully saturated rings. The molecule has 0 amide bonds. The predicted octanol–water partition coefficient (Wildman–Crippen LogP) is 3.41. The van der Waals surface area contributed by atoms with Crippen molar-refractivity contribution in [3.05, 3.63) is 23.8 Å². The van der Waals surface area contributed by atoms with E-state index >= 15 is 0 Å². The SMILES string of the molecule is CCCCSNc1ccc(F)c(N)c1F. The summed E-state index contributed by atoms with van der Waals surface area (Å²) >= 11 is 1.39. The number of hydrogen-bond donors (Lipinski definition) is 2. The normalized spacial score (nSPS) is 10.3. The zero-order valence-electron chi connectivity index (χ0n) is 8.52. The molecule has 2 nitrogen and oxygen atoms in total. The Bertz CT molecular complexity index is 331. The van der Waals surface area contributed by atoms with Crippen molar-refractivity contribution in [2.45, 2.75) is 19.8 Å². The Morgan fingerprint density at radius 3 is 2.80 bits per heavy atom. The highest BCUT2D eigenvalue weighted by Crippen LogP contribution is 2.25. The summed E-state index contributed by atoms with van der Waals surface area (Å²) in [4.78, 5) is 0. The van der Waals surface area contributed by atoms with Crippen molar-refractivity contribution in [3.8, 4) is 0 Å². The lowest BCUT2D eigenvalue weighted by Gasteiger charge is -2.08. The Hall–Kier alpha value is -0.970. The van der Waals surface area contributed by atoms with E-state index in [2.05, 4.69) is 11.6 Å². The summed E-state index contributed by atoms with van der Waals surface area (Å²) in [5.41, 5.74) is 5.01. The van der Waals surface area contributed by atoms with Gasteiger partial charge >= 0.3 is 0 Å². The molecule has 84 valence electrons. The molecule has 1 aromatic carbocycles. The van der Waals surface area contributed by atoms with Crippen LogP contribution in [-0.4, -0.2) is 5.75 Å². The number of halogens is 2. The van der Waals surface area contributed by atoms with Gasteiger partial charge in [-0.05, 0) is 18.6 Å². The first-order valence-corrected chi connectivity index (χ1v) is 5.76. The zero-order chi connectivity index (χ0) is 11.3. The number of nitrogen functional groups attached to an aromatic ring is 1. The highest BCUT2D eigenvalue weighted by atomic mass is 32.2. The van der Waals surface area contributed by atoms with E-state index in [4.69, 9.17) is 5.73 Å². The summed E-state index contributed by atoms with van der Waals surface area (Å²) in [6, 6.07) is 2.50. The molecule has 0 aromatic heterocycles. The molecule has 0 atom stereocenters. The summed E-state index contributed by atoms with van der Waals surface area (Å²) in [7, 11) is 0. The van der Waals surface area contributed by atoms with E-state index in [0.717, 1.165) is 24.7 Å². The molecule has 0 saturated heterocycles. The molecular weight excluding hydrogens is 218 g/mol. The Kier molecular flexibility index (Phi) is 4.68. The second-order valence-electron chi connectivity index (χ2n) is 3.13. The fourth-order valence-corrected chi connectivity index (χ4v) is 1.84. The van der Waals surface area contributed by atoms with E-state index in [9.17, 15) is 8.78 Å². The van der Waals surface area contributed by atoms with Crippen molar-refractivity contribution in [2.24, 2.45) is 0 Å². The average molecular weight is 232 g/mol. The maximum Gasteiger partial charge on any atom is 0.172 e. The molecule has 0 spiro atoms. The van der Waals surface area contributed by atoms with Gasteiger partial charge in [0, 0.05) is 5.75 Å². The van der Waals surface area contributed by atoms with Crippen LogP contribution in [-0.2, 0) is 0 Å². The van der Waals surface area contributed by atoms with E-state index in [1.165, 1.54) is 18.0 Å². The summed E-state index contributed by atoms with van der Waals surface area (Å²) in [6.07, 6.45) is 2.14. The largest absolute Gasteiger partial charge is 0.394 e. The van der Waals surface area contributed by atoms with Gasteiger partial charge in [-0.2, -0.15) is 0 Å². The van der Waals surface area contributed by atoms with Gasteiger partial charge < -0.3 is 10.5 Å². The van der Waals surface area contributed by atoms with Gasteiger partial charge in [-0.3, -0.25) is 0 Å². The summed E-state index contributed by atoms with van der Waals surface area (Å²) in [5.74, 6) is -0.566. The molecule has 1 aromatic rings. The summed E-state index contributed by atoms with van der Waals surface area (Å²) < 4.78 is 28.9. The Morgan fingerprint density at radius 2 is 2.13 bits per heavy atom. The minimum absolute atomic E-state index is 0.231. The third kappa shape index (κ3) is 3.27. The average Bonchev–Trinajstić information content (AvgIpc) is 2.24. The van der Waals surface area contributed by atoms with Crippen LogP contribution in [0.15, 0.2) is 12.1 Å². The first-order valence-electron chi connectivity index (χ1n) is 4.78. The number of benzene rings is 1. The maximum absolute atomic E-state index is 13.3. The quantitative estimate of drug-likeness (QED) is 0.464. The van der Waals surface area contributed by atoms with Crippen LogP contribution >= 0.6 is 11.9 Å². The van der Waals surface area contributed by atoms with Crippen molar-refractivity contribution in [2.75, 3.05) is 16.2 Å². The first-order chi connectivity index (χ1) is 7.16. The molecular formula is C10H14F2N2S. The van der Waals surface area contributed by atoms with Gasteiger partial charge in [0.05, 0.1) is 5.69 Å². The molecule has 0 unspecified atom stereocenters. The van der Waals surface area contributed by atoms with Crippen LogP contribution in [0.25, 0.3) is 0 Å². The molecule has 0 bridgehead atoms. The molecule has 15 heavy (non-hydrogen) atoms. The number of nitrogens with two attached hydrogens (primary N) is 1. The fourth-order valence-electron chi connectivity index (χ4n) is 0.993. The number of nitrogens with one attached hydrogen (secondary N) is 1. The lowest BCUT2D eigenvalue weighted by molar-refractivity contribution is 0.595. The second-order valence-corrected chi connectivity index (χ2v) is 4.03. The van der Waals surface area contributed by atoms with Crippen molar-refractivity contribution < 1.29 is 8.78 Å². The standard InChI is InChI=1S/C10H14F2N2S/c1-2-3-6-15-14-8-5-4-7(11)10(13)9(8)12/h4-5,14H,2-3,6,13H2,1H3. The van der Waals surface area contributed by atoms with Gasteiger partial charge in [0.1, 0.15) is 11.5 Å². The zero-order valence-corrected chi connectivity index (χ0v) is 9.33. The second kappa shape index (κ2) is 5.80. The van der Waals surface area contributed by atoms with Gasteiger partial charge in [-0.1, -0.05) is 25.3 Å². The smallest absolute Gasteiger partial charge is 0.172 e. The topological polar surface area (TPSA) is 38.0 Å².